The maximum absolute atomic E-state index is 5.27. The molecule has 9 nitrogen and oxygen atoms in total. The molecule has 0 spiro atoms. The smallest absolute Gasteiger partial charge is 0.244 e. The number of methoxy groups -OCH3 is 1. The number of benzene rings is 1. The molecule has 1 aliphatic heterocycles. The van der Waals surface area contributed by atoms with Crippen LogP contribution >= 0.6 is 0 Å². The van der Waals surface area contributed by atoms with Crippen molar-refractivity contribution in [1.82, 2.24) is 25.1 Å². The monoisotopic (exact) mass is 392 g/mol. The minimum atomic E-state index is 0.541. The number of nitrogens with one attached hydrogen (secondary N) is 1. The lowest BCUT2D eigenvalue weighted by molar-refractivity contribution is 0.414. The number of ether oxygens (including phenoxy) is 1. The van der Waals surface area contributed by atoms with Crippen molar-refractivity contribution in [1.29, 1.82) is 0 Å². The van der Waals surface area contributed by atoms with Crippen LogP contribution < -0.4 is 19.9 Å². The molecule has 0 amide bonds. The average Bonchev–Trinajstić information content (AvgIpc) is 2.80. The van der Waals surface area contributed by atoms with Crippen LogP contribution in [-0.2, 0) is 6.42 Å². The lowest BCUT2D eigenvalue weighted by atomic mass is 10.1. The summed E-state index contributed by atoms with van der Waals surface area (Å²) in [4.78, 5) is 17.7. The summed E-state index contributed by atoms with van der Waals surface area (Å²) in [5.41, 5.74) is 1.19. The Morgan fingerprint density at radius 1 is 1.03 bits per heavy atom. The van der Waals surface area contributed by atoms with Crippen molar-refractivity contribution >= 4 is 17.7 Å². The SMILES string of the molecule is COc1cccc(CCNc2nncc(N3CCN(c4ncccn4)CC3)n2)c1. The number of hydrogen-bond donors (Lipinski definition) is 1. The number of piperazine rings is 1. The molecule has 1 N–H and O–H groups in total. The Morgan fingerprint density at radius 2 is 1.83 bits per heavy atom. The molecule has 9 heteroatoms. The van der Waals surface area contributed by atoms with Gasteiger partial charge in [-0.05, 0) is 30.2 Å². The summed E-state index contributed by atoms with van der Waals surface area (Å²) in [6.07, 6.45) is 6.10. The van der Waals surface area contributed by atoms with Gasteiger partial charge in [0.25, 0.3) is 0 Å². The molecule has 0 atom stereocenters. The first-order valence-electron chi connectivity index (χ1n) is 9.65. The Bertz CT molecular complexity index is 915. The molecule has 29 heavy (non-hydrogen) atoms. The number of rotatable bonds is 7. The highest BCUT2D eigenvalue weighted by Crippen LogP contribution is 2.16. The van der Waals surface area contributed by atoms with Gasteiger partial charge < -0.3 is 19.9 Å². The predicted octanol–water partition coefficient (Wildman–Crippen LogP) is 1.65. The van der Waals surface area contributed by atoms with E-state index in [0.717, 1.165) is 56.7 Å². The summed E-state index contributed by atoms with van der Waals surface area (Å²) in [5.74, 6) is 3.01. The van der Waals surface area contributed by atoms with Crippen LogP contribution in [-0.4, -0.2) is 65.0 Å². The van der Waals surface area contributed by atoms with Gasteiger partial charge in [0.05, 0.1) is 13.3 Å². The van der Waals surface area contributed by atoms with Gasteiger partial charge in [0, 0.05) is 45.1 Å². The van der Waals surface area contributed by atoms with Gasteiger partial charge in [-0.15, -0.1) is 5.10 Å². The van der Waals surface area contributed by atoms with E-state index in [1.165, 1.54) is 5.56 Å². The molecule has 1 saturated heterocycles. The van der Waals surface area contributed by atoms with Crippen molar-refractivity contribution in [2.24, 2.45) is 0 Å². The first-order chi connectivity index (χ1) is 14.3. The first-order valence-corrected chi connectivity index (χ1v) is 9.65. The molecule has 0 aliphatic carbocycles. The molecular weight excluding hydrogens is 368 g/mol. The summed E-state index contributed by atoms with van der Waals surface area (Å²) >= 11 is 0. The molecule has 0 bridgehead atoms. The van der Waals surface area contributed by atoms with Crippen LogP contribution in [0.5, 0.6) is 5.75 Å². The normalized spacial score (nSPS) is 14.0. The van der Waals surface area contributed by atoms with Gasteiger partial charge >= 0.3 is 0 Å². The quantitative estimate of drug-likeness (QED) is 0.644. The Labute approximate surface area is 169 Å². The van der Waals surface area contributed by atoms with Crippen molar-refractivity contribution in [3.63, 3.8) is 0 Å². The summed E-state index contributed by atoms with van der Waals surface area (Å²) < 4.78 is 5.27. The van der Waals surface area contributed by atoms with Gasteiger partial charge in [-0.3, -0.25) is 0 Å². The standard InChI is InChI=1S/C20H24N8O/c1-29-17-5-2-4-16(14-17)6-9-21-19-25-18(15-24-26-19)27-10-12-28(13-11-27)20-22-7-3-8-23-20/h2-5,7-8,14-15H,6,9-13H2,1H3,(H,21,25,26). The summed E-state index contributed by atoms with van der Waals surface area (Å²) in [6, 6.07) is 9.88. The molecule has 1 fully saturated rings. The molecule has 1 aliphatic rings. The lowest BCUT2D eigenvalue weighted by Gasteiger charge is -2.35. The summed E-state index contributed by atoms with van der Waals surface area (Å²) in [7, 11) is 1.68. The van der Waals surface area contributed by atoms with Crippen LogP contribution in [0, 0.1) is 0 Å². The van der Waals surface area contributed by atoms with E-state index in [9.17, 15) is 0 Å². The van der Waals surface area contributed by atoms with Gasteiger partial charge in [-0.1, -0.05) is 12.1 Å². The number of anilines is 3. The molecule has 0 unspecified atom stereocenters. The zero-order valence-corrected chi connectivity index (χ0v) is 16.4. The third-order valence-electron chi connectivity index (χ3n) is 4.82. The topological polar surface area (TPSA) is 92.2 Å². The molecule has 1 aromatic carbocycles. The minimum absolute atomic E-state index is 0.541. The van der Waals surface area contributed by atoms with Crippen LogP contribution in [0.3, 0.4) is 0 Å². The van der Waals surface area contributed by atoms with Crippen molar-refractivity contribution in [3.8, 4) is 5.75 Å². The third-order valence-corrected chi connectivity index (χ3v) is 4.82. The van der Waals surface area contributed by atoms with E-state index in [-0.39, 0.29) is 0 Å². The van der Waals surface area contributed by atoms with Crippen LogP contribution in [0.25, 0.3) is 0 Å². The Morgan fingerprint density at radius 3 is 2.62 bits per heavy atom. The third kappa shape index (κ3) is 4.87. The molecule has 150 valence electrons. The molecule has 3 aromatic rings. The van der Waals surface area contributed by atoms with Crippen LogP contribution in [0.1, 0.15) is 5.56 Å². The molecule has 4 rings (SSSR count). The largest absolute Gasteiger partial charge is 0.497 e. The molecule has 2 aromatic heterocycles. The van der Waals surface area contributed by atoms with E-state index < -0.39 is 0 Å². The molecule has 0 radical (unpaired) electrons. The van der Waals surface area contributed by atoms with Gasteiger partial charge in [0.1, 0.15) is 5.75 Å². The van der Waals surface area contributed by atoms with Crippen molar-refractivity contribution in [2.75, 3.05) is 55.0 Å². The fourth-order valence-electron chi connectivity index (χ4n) is 3.26. The van der Waals surface area contributed by atoms with Gasteiger partial charge in [0.15, 0.2) is 5.82 Å². The summed E-state index contributed by atoms with van der Waals surface area (Å²) in [6.45, 7) is 4.07. The highest BCUT2D eigenvalue weighted by atomic mass is 16.5. The van der Waals surface area contributed by atoms with E-state index in [1.54, 1.807) is 25.7 Å². The van der Waals surface area contributed by atoms with Crippen LogP contribution in [0.2, 0.25) is 0 Å². The van der Waals surface area contributed by atoms with Crippen LogP contribution in [0.15, 0.2) is 48.9 Å². The number of hydrogen-bond acceptors (Lipinski definition) is 9. The van der Waals surface area contributed by atoms with Crippen molar-refractivity contribution in [3.05, 3.63) is 54.5 Å². The number of nitrogens with zero attached hydrogens (tertiary/aromatic N) is 7. The highest BCUT2D eigenvalue weighted by molar-refractivity contribution is 5.43. The van der Waals surface area contributed by atoms with Crippen molar-refractivity contribution < 1.29 is 4.74 Å². The van der Waals surface area contributed by atoms with Gasteiger partial charge in [-0.25, -0.2) is 9.97 Å². The first kappa shape index (κ1) is 18.9. The van der Waals surface area contributed by atoms with E-state index in [1.807, 2.05) is 24.3 Å². The van der Waals surface area contributed by atoms with E-state index in [4.69, 9.17) is 4.74 Å². The van der Waals surface area contributed by atoms with Crippen molar-refractivity contribution in [2.45, 2.75) is 6.42 Å². The fraction of sp³-hybridized carbons (Fsp3) is 0.350. The fourth-order valence-corrected chi connectivity index (χ4v) is 3.26. The second-order valence-electron chi connectivity index (χ2n) is 6.69. The van der Waals surface area contributed by atoms with Gasteiger partial charge in [-0.2, -0.15) is 10.1 Å². The predicted molar refractivity (Wildman–Crippen MR) is 111 cm³/mol. The Kier molecular flexibility index (Phi) is 5.94. The number of aromatic nitrogens is 5. The second kappa shape index (κ2) is 9.13. The molecule has 0 saturated carbocycles. The highest BCUT2D eigenvalue weighted by Gasteiger charge is 2.20. The van der Waals surface area contributed by atoms with E-state index in [2.05, 4.69) is 46.3 Å². The van der Waals surface area contributed by atoms with E-state index in [0.29, 0.717) is 5.95 Å². The zero-order chi connectivity index (χ0) is 19.9. The summed E-state index contributed by atoms with van der Waals surface area (Å²) in [5, 5.41) is 11.5. The second-order valence-corrected chi connectivity index (χ2v) is 6.69. The van der Waals surface area contributed by atoms with E-state index >= 15 is 0 Å². The Hall–Kier alpha value is -3.49. The molecular formula is C20H24N8O. The van der Waals surface area contributed by atoms with Crippen LogP contribution in [0.4, 0.5) is 17.7 Å². The lowest BCUT2D eigenvalue weighted by Crippen LogP contribution is -2.47. The van der Waals surface area contributed by atoms with Gasteiger partial charge in [0.2, 0.25) is 11.9 Å². The maximum atomic E-state index is 5.27. The Balaban J connectivity index is 1.31. The zero-order valence-electron chi connectivity index (χ0n) is 16.4. The maximum Gasteiger partial charge on any atom is 0.244 e. The average molecular weight is 392 g/mol. The molecule has 3 heterocycles. The minimum Gasteiger partial charge on any atom is -0.497 e.